The molecule has 3 rings (SSSR count). The van der Waals surface area contributed by atoms with Crippen LogP contribution in [0.1, 0.15) is 25.3 Å². The topological polar surface area (TPSA) is 86.3 Å². The van der Waals surface area contributed by atoms with Crippen LogP contribution in [0.4, 0.5) is 10.5 Å². The molecule has 1 aromatic carbocycles. The Hall–Kier alpha value is -2.77. The number of piperidine rings is 1. The molecule has 2 aliphatic rings. The average molecular weight is 387 g/mol. The number of benzene rings is 1. The van der Waals surface area contributed by atoms with E-state index in [1.54, 1.807) is 11.9 Å². The first-order chi connectivity index (χ1) is 13.6. The van der Waals surface area contributed by atoms with Gasteiger partial charge in [-0.25, -0.2) is 4.79 Å². The second-order valence-corrected chi connectivity index (χ2v) is 6.95. The number of fused-ring (bicyclic) bond motifs is 1. The highest BCUT2D eigenvalue weighted by atomic mass is 16.6. The third-order valence-electron chi connectivity index (χ3n) is 5.18. The van der Waals surface area contributed by atoms with Gasteiger partial charge in [-0.15, -0.1) is 0 Å². The molecule has 0 bridgehead atoms. The van der Waals surface area contributed by atoms with Gasteiger partial charge in [0.15, 0.2) is 5.96 Å². The molecular weight excluding hydrogens is 358 g/mol. The monoisotopic (exact) mass is 387 g/mol. The molecule has 2 amide bonds. The Bertz CT molecular complexity index is 728. The van der Waals surface area contributed by atoms with Crippen molar-refractivity contribution in [3.63, 3.8) is 0 Å². The van der Waals surface area contributed by atoms with Gasteiger partial charge in [0.05, 0.1) is 13.2 Å². The number of nitrogens with zero attached hydrogens (tertiary/aromatic N) is 3. The number of hydrogen-bond acceptors (Lipinski definition) is 4. The fourth-order valence-electron chi connectivity index (χ4n) is 3.66. The van der Waals surface area contributed by atoms with Gasteiger partial charge in [0, 0.05) is 38.4 Å². The van der Waals surface area contributed by atoms with E-state index in [0.29, 0.717) is 25.7 Å². The fraction of sp³-hybridized carbons (Fsp3) is 0.550. The number of amides is 2. The van der Waals surface area contributed by atoms with Gasteiger partial charge in [-0.1, -0.05) is 18.2 Å². The van der Waals surface area contributed by atoms with Crippen molar-refractivity contribution in [1.82, 2.24) is 15.5 Å². The molecule has 0 saturated carbocycles. The van der Waals surface area contributed by atoms with Gasteiger partial charge in [0.1, 0.15) is 0 Å². The highest BCUT2D eigenvalue weighted by Crippen LogP contribution is 2.27. The van der Waals surface area contributed by atoms with E-state index in [-0.39, 0.29) is 24.6 Å². The SMILES string of the molecule is CCOC(=O)N1CCC(NC(=NC)NCC(=O)N2CCc3ccccc32)CC1. The van der Waals surface area contributed by atoms with E-state index in [2.05, 4.69) is 21.7 Å². The van der Waals surface area contributed by atoms with Crippen LogP contribution in [-0.2, 0) is 16.0 Å². The van der Waals surface area contributed by atoms with Crippen LogP contribution in [0.15, 0.2) is 29.3 Å². The van der Waals surface area contributed by atoms with Gasteiger partial charge in [0.2, 0.25) is 5.91 Å². The lowest BCUT2D eigenvalue weighted by Gasteiger charge is -2.32. The second kappa shape index (κ2) is 9.43. The highest BCUT2D eigenvalue weighted by molar-refractivity contribution is 5.98. The lowest BCUT2D eigenvalue weighted by molar-refractivity contribution is -0.117. The maximum absolute atomic E-state index is 12.6. The largest absolute Gasteiger partial charge is 0.450 e. The zero-order valence-corrected chi connectivity index (χ0v) is 16.6. The number of nitrogens with one attached hydrogen (secondary N) is 2. The molecule has 1 saturated heterocycles. The zero-order valence-electron chi connectivity index (χ0n) is 16.6. The molecule has 1 fully saturated rings. The first-order valence-corrected chi connectivity index (χ1v) is 9.89. The van der Waals surface area contributed by atoms with E-state index in [0.717, 1.165) is 31.5 Å². The fourth-order valence-corrected chi connectivity index (χ4v) is 3.66. The Morgan fingerprint density at radius 3 is 2.68 bits per heavy atom. The summed E-state index contributed by atoms with van der Waals surface area (Å²) in [6.45, 7) is 4.41. The number of rotatable bonds is 4. The van der Waals surface area contributed by atoms with Crippen LogP contribution in [0.5, 0.6) is 0 Å². The third kappa shape index (κ3) is 4.74. The van der Waals surface area contributed by atoms with Crippen LogP contribution in [-0.4, -0.2) is 68.7 Å². The van der Waals surface area contributed by atoms with Crippen LogP contribution >= 0.6 is 0 Å². The number of hydrogen-bond donors (Lipinski definition) is 2. The normalized spacial score (nSPS) is 17.3. The molecule has 8 nitrogen and oxygen atoms in total. The number of carbonyl (C=O) groups is 2. The van der Waals surface area contributed by atoms with Crippen molar-refractivity contribution in [2.24, 2.45) is 4.99 Å². The van der Waals surface area contributed by atoms with Gasteiger partial charge >= 0.3 is 6.09 Å². The Morgan fingerprint density at radius 1 is 1.21 bits per heavy atom. The minimum absolute atomic E-state index is 0.0324. The van der Waals surface area contributed by atoms with E-state index in [4.69, 9.17) is 4.74 Å². The molecule has 0 aromatic heterocycles. The van der Waals surface area contributed by atoms with Gasteiger partial charge in [-0.3, -0.25) is 9.79 Å². The molecule has 0 radical (unpaired) electrons. The molecule has 0 spiro atoms. The Morgan fingerprint density at radius 2 is 1.96 bits per heavy atom. The van der Waals surface area contributed by atoms with E-state index in [1.807, 2.05) is 30.0 Å². The molecule has 28 heavy (non-hydrogen) atoms. The molecule has 2 heterocycles. The number of guanidine groups is 1. The molecule has 0 atom stereocenters. The molecule has 8 heteroatoms. The predicted octanol–water partition coefficient (Wildman–Crippen LogP) is 1.36. The van der Waals surface area contributed by atoms with Crippen molar-refractivity contribution in [2.45, 2.75) is 32.2 Å². The lowest BCUT2D eigenvalue weighted by atomic mass is 10.1. The smallest absolute Gasteiger partial charge is 0.409 e. The van der Waals surface area contributed by atoms with Crippen LogP contribution < -0.4 is 15.5 Å². The second-order valence-electron chi connectivity index (χ2n) is 6.95. The number of carbonyl (C=O) groups excluding carboxylic acids is 2. The molecule has 2 aliphatic heterocycles. The summed E-state index contributed by atoms with van der Waals surface area (Å²) in [5.74, 6) is 0.639. The summed E-state index contributed by atoms with van der Waals surface area (Å²) in [5, 5.41) is 6.47. The van der Waals surface area contributed by atoms with Crippen molar-refractivity contribution >= 4 is 23.6 Å². The first-order valence-electron chi connectivity index (χ1n) is 9.89. The van der Waals surface area contributed by atoms with Crippen molar-refractivity contribution in [2.75, 3.05) is 44.7 Å². The standard InChI is InChI=1S/C20H29N5O3/c1-3-28-20(27)24-11-9-16(10-12-24)23-19(21-2)22-14-18(26)25-13-8-15-6-4-5-7-17(15)25/h4-7,16H,3,8-14H2,1-2H3,(H2,21,22,23). The minimum atomic E-state index is -0.250. The summed E-state index contributed by atoms with van der Waals surface area (Å²) >= 11 is 0. The number of aliphatic imine (C=N–C) groups is 1. The van der Waals surface area contributed by atoms with Crippen LogP contribution in [0, 0.1) is 0 Å². The number of para-hydroxylation sites is 1. The Labute approximate surface area is 165 Å². The third-order valence-corrected chi connectivity index (χ3v) is 5.18. The van der Waals surface area contributed by atoms with Crippen molar-refractivity contribution < 1.29 is 14.3 Å². The molecular formula is C20H29N5O3. The van der Waals surface area contributed by atoms with Gasteiger partial charge < -0.3 is 25.2 Å². The summed E-state index contributed by atoms with van der Waals surface area (Å²) in [7, 11) is 1.69. The van der Waals surface area contributed by atoms with Gasteiger partial charge in [0.25, 0.3) is 0 Å². The van der Waals surface area contributed by atoms with Crippen molar-refractivity contribution in [3.05, 3.63) is 29.8 Å². The summed E-state index contributed by atoms with van der Waals surface area (Å²) in [5.41, 5.74) is 2.22. The summed E-state index contributed by atoms with van der Waals surface area (Å²) in [6, 6.07) is 8.23. The zero-order chi connectivity index (χ0) is 19.9. The van der Waals surface area contributed by atoms with Crippen LogP contribution in [0.3, 0.4) is 0 Å². The lowest BCUT2D eigenvalue weighted by Crippen LogP contribution is -2.51. The van der Waals surface area contributed by atoms with E-state index >= 15 is 0 Å². The quantitative estimate of drug-likeness (QED) is 0.602. The number of anilines is 1. The van der Waals surface area contributed by atoms with Crippen molar-refractivity contribution in [1.29, 1.82) is 0 Å². The Balaban J connectivity index is 1.44. The van der Waals surface area contributed by atoms with Gasteiger partial charge in [-0.05, 0) is 37.8 Å². The van der Waals surface area contributed by atoms with Crippen molar-refractivity contribution in [3.8, 4) is 0 Å². The van der Waals surface area contributed by atoms with E-state index in [1.165, 1.54) is 5.56 Å². The maximum Gasteiger partial charge on any atom is 0.409 e. The molecule has 0 aliphatic carbocycles. The molecule has 2 N–H and O–H groups in total. The van der Waals surface area contributed by atoms with Gasteiger partial charge in [-0.2, -0.15) is 0 Å². The maximum atomic E-state index is 12.6. The first kappa shape index (κ1) is 20.0. The number of ether oxygens (including phenoxy) is 1. The Kier molecular flexibility index (Phi) is 6.73. The highest BCUT2D eigenvalue weighted by Gasteiger charge is 2.26. The summed E-state index contributed by atoms with van der Waals surface area (Å²) in [6.07, 6.45) is 2.27. The molecule has 0 unspecified atom stereocenters. The van der Waals surface area contributed by atoms with E-state index in [9.17, 15) is 9.59 Å². The molecule has 1 aromatic rings. The summed E-state index contributed by atoms with van der Waals surface area (Å²) < 4.78 is 5.05. The minimum Gasteiger partial charge on any atom is -0.450 e. The van der Waals surface area contributed by atoms with Crippen LogP contribution in [0.25, 0.3) is 0 Å². The molecule has 152 valence electrons. The number of likely N-dealkylation sites (tertiary alicyclic amines) is 1. The van der Waals surface area contributed by atoms with E-state index < -0.39 is 0 Å². The average Bonchev–Trinajstić information content (AvgIpc) is 3.15. The predicted molar refractivity (Wildman–Crippen MR) is 109 cm³/mol. The van der Waals surface area contributed by atoms with Crippen LogP contribution in [0.2, 0.25) is 0 Å². The summed E-state index contributed by atoms with van der Waals surface area (Å²) in [4.78, 5) is 32.2.